The second-order valence-electron chi connectivity index (χ2n) is 8.61. The van der Waals surface area contributed by atoms with E-state index in [-0.39, 0.29) is 22.9 Å². The van der Waals surface area contributed by atoms with E-state index in [1.807, 2.05) is 91.0 Å². The van der Waals surface area contributed by atoms with E-state index < -0.39 is 0 Å². The molecule has 0 fully saturated rings. The summed E-state index contributed by atoms with van der Waals surface area (Å²) in [4.78, 5) is 0. The SMILES string of the molecule is N#Cc1c(-c2ccccc2)c(N=Nc2cc(-c3ccccc3)[nH]n2)nn(C2=CC(c3ccccc3)N=N2)c1=N. The van der Waals surface area contributed by atoms with E-state index in [9.17, 15) is 5.26 Å². The Morgan fingerprint density at radius 1 is 0.872 bits per heavy atom. The van der Waals surface area contributed by atoms with Gasteiger partial charge >= 0.3 is 0 Å². The van der Waals surface area contributed by atoms with Gasteiger partial charge in [0.15, 0.2) is 17.1 Å². The van der Waals surface area contributed by atoms with Gasteiger partial charge in [0, 0.05) is 6.07 Å². The fourth-order valence-corrected chi connectivity index (χ4v) is 4.24. The van der Waals surface area contributed by atoms with E-state index in [4.69, 9.17) is 5.41 Å². The first-order valence-electron chi connectivity index (χ1n) is 12.1. The molecular weight excluding hydrogens is 488 g/mol. The lowest BCUT2D eigenvalue weighted by atomic mass is 10.0. The monoisotopic (exact) mass is 508 g/mol. The Kier molecular flexibility index (Phi) is 6.21. The highest BCUT2D eigenvalue weighted by Gasteiger charge is 2.22. The molecule has 39 heavy (non-hydrogen) atoms. The van der Waals surface area contributed by atoms with Gasteiger partial charge < -0.3 is 0 Å². The topological polar surface area (TPSA) is 144 Å². The smallest absolute Gasteiger partial charge is 0.204 e. The summed E-state index contributed by atoms with van der Waals surface area (Å²) in [6.45, 7) is 0. The van der Waals surface area contributed by atoms with Crippen molar-refractivity contribution in [3.05, 3.63) is 120 Å². The highest BCUT2D eigenvalue weighted by molar-refractivity contribution is 5.78. The van der Waals surface area contributed by atoms with Gasteiger partial charge in [-0.2, -0.15) is 20.2 Å². The van der Waals surface area contributed by atoms with Gasteiger partial charge in [0.05, 0.1) is 11.3 Å². The van der Waals surface area contributed by atoms with Crippen molar-refractivity contribution in [2.45, 2.75) is 6.04 Å². The molecule has 3 heterocycles. The average Bonchev–Trinajstić information content (AvgIpc) is 3.68. The van der Waals surface area contributed by atoms with E-state index in [0.29, 0.717) is 22.8 Å². The molecule has 2 aromatic heterocycles. The molecule has 10 heteroatoms. The van der Waals surface area contributed by atoms with Crippen LogP contribution in [-0.2, 0) is 0 Å². The fraction of sp³-hybridized carbons (Fsp3) is 0.0345. The van der Waals surface area contributed by atoms with Crippen LogP contribution < -0.4 is 5.49 Å². The molecule has 0 saturated heterocycles. The van der Waals surface area contributed by atoms with Crippen LogP contribution in [0.1, 0.15) is 17.2 Å². The third-order valence-electron chi connectivity index (χ3n) is 6.14. The molecule has 1 unspecified atom stereocenters. The lowest BCUT2D eigenvalue weighted by Crippen LogP contribution is -2.25. The Labute approximate surface area is 222 Å². The number of hydrogen-bond acceptors (Lipinski definition) is 8. The normalized spacial score (nSPS) is 14.4. The van der Waals surface area contributed by atoms with Crippen molar-refractivity contribution in [3.63, 3.8) is 0 Å². The van der Waals surface area contributed by atoms with Crippen molar-refractivity contribution < 1.29 is 0 Å². The molecule has 0 aliphatic carbocycles. The van der Waals surface area contributed by atoms with Crippen LogP contribution in [0, 0.1) is 16.7 Å². The molecular formula is C29H20N10. The van der Waals surface area contributed by atoms with Gasteiger partial charge in [-0.25, -0.2) is 0 Å². The van der Waals surface area contributed by atoms with Crippen molar-refractivity contribution in [2.24, 2.45) is 20.5 Å². The summed E-state index contributed by atoms with van der Waals surface area (Å²) in [5, 5.41) is 48.0. The summed E-state index contributed by atoms with van der Waals surface area (Å²) < 4.78 is 1.27. The number of aromatic nitrogens is 4. The standard InChI is InChI=1S/C29H20N10/c30-18-22-27(21-14-8-3-9-15-21)29(37-35-25-16-23(32-34-25)19-10-4-1-5-11-19)38-39(28(22)31)26-17-24(33-36-26)20-12-6-2-7-13-20/h1-17,24,31H,(H,32,34). The Bertz CT molecular complexity index is 1830. The van der Waals surface area contributed by atoms with Crippen LogP contribution >= 0.6 is 0 Å². The van der Waals surface area contributed by atoms with E-state index in [0.717, 1.165) is 16.8 Å². The summed E-state index contributed by atoms with van der Waals surface area (Å²) in [6.07, 6.45) is 1.80. The van der Waals surface area contributed by atoms with Crippen LogP contribution in [-0.4, -0.2) is 20.0 Å². The van der Waals surface area contributed by atoms with Gasteiger partial charge in [0.25, 0.3) is 0 Å². The maximum atomic E-state index is 10.1. The summed E-state index contributed by atoms with van der Waals surface area (Å²) in [6, 6.07) is 32.3. The molecule has 1 aliphatic rings. The Hall–Kier alpha value is -5.82. The molecule has 0 amide bonds. The Morgan fingerprint density at radius 3 is 2.23 bits per heavy atom. The quantitative estimate of drug-likeness (QED) is 0.246. The first-order chi connectivity index (χ1) is 19.2. The zero-order valence-corrected chi connectivity index (χ0v) is 20.5. The van der Waals surface area contributed by atoms with Crippen LogP contribution in [0.4, 0.5) is 11.6 Å². The first-order valence-corrected chi connectivity index (χ1v) is 12.1. The molecule has 0 radical (unpaired) electrons. The molecule has 6 rings (SSSR count). The van der Waals surface area contributed by atoms with Crippen LogP contribution in [0.3, 0.4) is 0 Å². The van der Waals surface area contributed by atoms with Gasteiger partial charge in [-0.3, -0.25) is 10.5 Å². The maximum absolute atomic E-state index is 10.1. The number of azo groups is 2. The third kappa shape index (κ3) is 4.68. The summed E-state index contributed by atoms with van der Waals surface area (Å²) in [5.74, 6) is 0.823. The largest absolute Gasteiger partial charge is 0.282 e. The predicted octanol–water partition coefficient (Wildman–Crippen LogP) is 6.71. The summed E-state index contributed by atoms with van der Waals surface area (Å²) >= 11 is 0. The number of nitriles is 1. The molecule has 10 nitrogen and oxygen atoms in total. The molecule has 0 spiro atoms. The van der Waals surface area contributed by atoms with E-state index in [1.54, 1.807) is 12.1 Å². The Balaban J connectivity index is 1.45. The summed E-state index contributed by atoms with van der Waals surface area (Å²) in [7, 11) is 0. The molecule has 186 valence electrons. The van der Waals surface area contributed by atoms with Gasteiger partial charge in [0.2, 0.25) is 5.82 Å². The number of aromatic amines is 1. The second-order valence-corrected chi connectivity index (χ2v) is 8.61. The number of rotatable bonds is 6. The maximum Gasteiger partial charge on any atom is 0.204 e. The molecule has 2 N–H and O–H groups in total. The van der Waals surface area contributed by atoms with Gasteiger partial charge in [-0.05, 0) is 22.8 Å². The molecule has 0 saturated carbocycles. The summed E-state index contributed by atoms with van der Waals surface area (Å²) in [5.41, 5.74) is 3.77. The number of benzene rings is 3. The van der Waals surface area contributed by atoms with Crippen LogP contribution in [0.5, 0.6) is 0 Å². The van der Waals surface area contributed by atoms with Crippen molar-refractivity contribution in [1.29, 1.82) is 10.7 Å². The number of hydrogen-bond donors (Lipinski definition) is 2. The van der Waals surface area contributed by atoms with Gasteiger partial charge in [-0.1, -0.05) is 91.0 Å². The van der Waals surface area contributed by atoms with Crippen molar-refractivity contribution >= 4 is 17.5 Å². The van der Waals surface area contributed by atoms with E-state index in [2.05, 4.69) is 41.8 Å². The molecule has 0 bridgehead atoms. The number of nitrogens with one attached hydrogen (secondary N) is 2. The zero-order valence-electron chi connectivity index (χ0n) is 20.5. The number of nitrogens with zero attached hydrogens (tertiary/aromatic N) is 8. The Morgan fingerprint density at radius 2 is 1.54 bits per heavy atom. The minimum atomic E-state index is -0.320. The molecule has 1 atom stereocenters. The molecule has 1 aliphatic heterocycles. The second kappa shape index (κ2) is 10.3. The van der Waals surface area contributed by atoms with Gasteiger partial charge in [0.1, 0.15) is 17.7 Å². The van der Waals surface area contributed by atoms with Crippen LogP contribution in [0.25, 0.3) is 28.2 Å². The zero-order chi connectivity index (χ0) is 26.6. The van der Waals surface area contributed by atoms with Gasteiger partial charge in [-0.15, -0.1) is 20.4 Å². The minimum Gasteiger partial charge on any atom is -0.282 e. The van der Waals surface area contributed by atoms with E-state index >= 15 is 0 Å². The lowest BCUT2D eigenvalue weighted by Gasteiger charge is -2.11. The van der Waals surface area contributed by atoms with Crippen LogP contribution in [0.2, 0.25) is 0 Å². The average molecular weight is 509 g/mol. The molecule has 3 aromatic carbocycles. The predicted molar refractivity (Wildman–Crippen MR) is 145 cm³/mol. The van der Waals surface area contributed by atoms with Crippen LogP contribution in [0.15, 0.2) is 124 Å². The highest BCUT2D eigenvalue weighted by atomic mass is 15.4. The van der Waals surface area contributed by atoms with E-state index in [1.165, 1.54) is 4.68 Å². The fourth-order valence-electron chi connectivity index (χ4n) is 4.24. The van der Waals surface area contributed by atoms with Crippen molar-refractivity contribution in [3.8, 4) is 28.5 Å². The number of H-pyrrole nitrogens is 1. The van der Waals surface area contributed by atoms with Crippen molar-refractivity contribution in [1.82, 2.24) is 20.0 Å². The third-order valence-corrected chi connectivity index (χ3v) is 6.14. The minimum absolute atomic E-state index is 0.0939. The van der Waals surface area contributed by atoms with Crippen molar-refractivity contribution in [2.75, 3.05) is 0 Å². The molecule has 5 aromatic rings. The lowest BCUT2D eigenvalue weighted by molar-refractivity contribution is 0.771. The highest BCUT2D eigenvalue weighted by Crippen LogP contribution is 2.34. The first kappa shape index (κ1) is 23.6.